The topological polar surface area (TPSA) is 57.5 Å². The summed E-state index contributed by atoms with van der Waals surface area (Å²) in [5, 5.41) is 16.9. The highest BCUT2D eigenvalue weighted by molar-refractivity contribution is 5.66. The van der Waals surface area contributed by atoms with E-state index in [0.29, 0.717) is 13.0 Å². The SMILES string of the molecule is CC(C)CCCCCO.CCCCCCCCCCCCCCCCCC(=O)O. The molecule has 0 radical (unpaired) electrons. The molecular weight excluding hydrogens is 360 g/mol. The molecule has 0 amide bonds. The number of carboxylic acids is 1. The Morgan fingerprint density at radius 2 is 1.00 bits per heavy atom. The minimum Gasteiger partial charge on any atom is -0.481 e. The first-order valence-corrected chi connectivity index (χ1v) is 12.9. The number of aliphatic carboxylic acids is 1. The second-order valence-corrected chi connectivity index (χ2v) is 9.06. The fourth-order valence-corrected chi connectivity index (χ4v) is 3.49. The number of hydrogen-bond donors (Lipinski definition) is 2. The molecule has 0 spiro atoms. The Bertz CT molecular complexity index is 302. The lowest BCUT2D eigenvalue weighted by molar-refractivity contribution is -0.137. The summed E-state index contributed by atoms with van der Waals surface area (Å²) in [6.45, 7) is 7.10. The summed E-state index contributed by atoms with van der Waals surface area (Å²) < 4.78 is 0. The lowest BCUT2D eigenvalue weighted by Gasteiger charge is -2.03. The molecule has 0 unspecified atom stereocenters. The van der Waals surface area contributed by atoms with Crippen molar-refractivity contribution < 1.29 is 15.0 Å². The van der Waals surface area contributed by atoms with Crippen LogP contribution in [0.1, 0.15) is 149 Å². The Hall–Kier alpha value is -0.570. The Kier molecular flexibility index (Phi) is 29.0. The first-order chi connectivity index (χ1) is 14.0. The zero-order chi connectivity index (χ0) is 22.0. The molecule has 3 nitrogen and oxygen atoms in total. The van der Waals surface area contributed by atoms with Crippen LogP contribution < -0.4 is 0 Å². The van der Waals surface area contributed by atoms with E-state index in [9.17, 15) is 4.79 Å². The van der Waals surface area contributed by atoms with E-state index in [1.807, 2.05) is 0 Å². The van der Waals surface area contributed by atoms with E-state index in [1.54, 1.807) is 0 Å². The van der Waals surface area contributed by atoms with Crippen LogP contribution in [0.15, 0.2) is 0 Å². The highest BCUT2D eigenvalue weighted by Crippen LogP contribution is 2.13. The average Bonchev–Trinajstić information content (AvgIpc) is 2.68. The molecule has 0 rings (SSSR count). The fourth-order valence-electron chi connectivity index (χ4n) is 3.49. The van der Waals surface area contributed by atoms with Gasteiger partial charge >= 0.3 is 5.97 Å². The molecule has 2 N–H and O–H groups in total. The number of hydrogen-bond acceptors (Lipinski definition) is 2. The molecule has 0 atom stereocenters. The number of carbonyl (C=O) groups is 1. The summed E-state index contributed by atoms with van der Waals surface area (Å²) in [6.07, 6.45) is 24.9. The van der Waals surface area contributed by atoms with Crippen molar-refractivity contribution in [3.63, 3.8) is 0 Å². The summed E-state index contributed by atoms with van der Waals surface area (Å²) in [5.74, 6) is 0.170. The Morgan fingerprint density at radius 1 is 0.621 bits per heavy atom. The smallest absolute Gasteiger partial charge is 0.303 e. The second-order valence-electron chi connectivity index (χ2n) is 9.06. The van der Waals surface area contributed by atoms with E-state index in [2.05, 4.69) is 20.8 Å². The van der Waals surface area contributed by atoms with Crippen LogP contribution in [-0.4, -0.2) is 22.8 Å². The van der Waals surface area contributed by atoms with Gasteiger partial charge in [-0.3, -0.25) is 4.79 Å². The molecule has 0 aromatic heterocycles. The van der Waals surface area contributed by atoms with Crippen molar-refractivity contribution in [2.24, 2.45) is 5.92 Å². The Balaban J connectivity index is 0. The number of rotatable bonds is 21. The molecule has 0 bridgehead atoms. The quantitative estimate of drug-likeness (QED) is 0.185. The van der Waals surface area contributed by atoms with Crippen LogP contribution in [0.4, 0.5) is 0 Å². The summed E-state index contributed by atoms with van der Waals surface area (Å²) in [7, 11) is 0. The molecule has 0 heterocycles. The molecule has 0 aromatic carbocycles. The predicted octanol–water partition coefficient (Wildman–Crippen LogP) is 8.53. The highest BCUT2D eigenvalue weighted by atomic mass is 16.4. The number of aliphatic hydroxyl groups excluding tert-OH is 1. The summed E-state index contributed by atoms with van der Waals surface area (Å²) in [6, 6.07) is 0. The van der Waals surface area contributed by atoms with Gasteiger partial charge in [0.15, 0.2) is 0 Å². The van der Waals surface area contributed by atoms with Crippen LogP contribution in [0, 0.1) is 5.92 Å². The number of aliphatic hydroxyl groups is 1. The predicted molar refractivity (Wildman–Crippen MR) is 128 cm³/mol. The third kappa shape index (κ3) is 35.3. The fraction of sp³-hybridized carbons (Fsp3) is 0.962. The van der Waals surface area contributed by atoms with E-state index in [-0.39, 0.29) is 0 Å². The van der Waals surface area contributed by atoms with Gasteiger partial charge in [0.25, 0.3) is 0 Å². The number of carboxylic acid groups (broad SMARTS) is 1. The molecule has 0 aliphatic rings. The molecule has 0 aromatic rings. The van der Waals surface area contributed by atoms with Crippen LogP contribution in [0.3, 0.4) is 0 Å². The minimum absolute atomic E-state index is 0.345. The van der Waals surface area contributed by atoms with Crippen LogP contribution in [0.5, 0.6) is 0 Å². The molecule has 0 saturated heterocycles. The van der Waals surface area contributed by atoms with Crippen LogP contribution in [-0.2, 0) is 4.79 Å². The molecule has 0 aliphatic heterocycles. The van der Waals surface area contributed by atoms with Crippen LogP contribution in [0.2, 0.25) is 0 Å². The standard InChI is InChI=1S/C18H36O2.C8H18O/c1-2-3-4-5-6-7-8-9-10-11-12-13-14-15-16-17-18(19)20;1-8(2)6-4-3-5-7-9/h2-17H2,1H3,(H,19,20);8-9H,3-7H2,1-2H3. The molecule has 3 heteroatoms. The second kappa shape index (κ2) is 27.4. The van der Waals surface area contributed by atoms with Crippen molar-refractivity contribution >= 4 is 5.97 Å². The highest BCUT2D eigenvalue weighted by Gasteiger charge is 1.97. The van der Waals surface area contributed by atoms with E-state index < -0.39 is 5.97 Å². The van der Waals surface area contributed by atoms with Gasteiger partial charge in [0, 0.05) is 13.0 Å². The first kappa shape index (κ1) is 30.6. The van der Waals surface area contributed by atoms with E-state index >= 15 is 0 Å². The molecule has 0 aliphatic carbocycles. The minimum atomic E-state index is -0.653. The van der Waals surface area contributed by atoms with Crippen molar-refractivity contribution in [1.82, 2.24) is 0 Å². The summed E-state index contributed by atoms with van der Waals surface area (Å²) in [5.41, 5.74) is 0. The van der Waals surface area contributed by atoms with Crippen molar-refractivity contribution in [3.05, 3.63) is 0 Å². The van der Waals surface area contributed by atoms with Gasteiger partial charge in [0.1, 0.15) is 0 Å². The van der Waals surface area contributed by atoms with Crippen molar-refractivity contribution in [1.29, 1.82) is 0 Å². The maximum atomic E-state index is 10.3. The van der Waals surface area contributed by atoms with Crippen LogP contribution in [0.25, 0.3) is 0 Å². The van der Waals surface area contributed by atoms with Gasteiger partial charge in [-0.05, 0) is 18.8 Å². The van der Waals surface area contributed by atoms with Gasteiger partial charge in [-0.2, -0.15) is 0 Å². The third-order valence-electron chi connectivity index (χ3n) is 5.43. The normalized spacial score (nSPS) is 10.8. The average molecular weight is 415 g/mol. The number of unbranched alkanes of at least 4 members (excludes halogenated alkanes) is 16. The van der Waals surface area contributed by atoms with Gasteiger partial charge in [0.05, 0.1) is 0 Å². The molecule has 29 heavy (non-hydrogen) atoms. The maximum absolute atomic E-state index is 10.3. The maximum Gasteiger partial charge on any atom is 0.303 e. The van der Waals surface area contributed by atoms with Gasteiger partial charge in [-0.1, -0.05) is 130 Å². The Labute approximate surface area is 183 Å². The third-order valence-corrected chi connectivity index (χ3v) is 5.43. The largest absolute Gasteiger partial charge is 0.481 e. The van der Waals surface area contributed by atoms with Crippen molar-refractivity contribution in [2.45, 2.75) is 149 Å². The van der Waals surface area contributed by atoms with Gasteiger partial charge in [-0.25, -0.2) is 0 Å². The molecule has 0 fully saturated rings. The molecular formula is C26H54O3. The zero-order valence-corrected chi connectivity index (χ0v) is 20.2. The first-order valence-electron chi connectivity index (χ1n) is 12.9. The summed E-state index contributed by atoms with van der Waals surface area (Å²) in [4.78, 5) is 10.3. The van der Waals surface area contributed by atoms with Gasteiger partial charge < -0.3 is 10.2 Å². The molecule has 0 saturated carbocycles. The zero-order valence-electron chi connectivity index (χ0n) is 20.2. The lowest BCUT2D eigenvalue weighted by Crippen LogP contribution is -1.93. The Morgan fingerprint density at radius 3 is 1.34 bits per heavy atom. The van der Waals surface area contributed by atoms with Crippen molar-refractivity contribution in [3.8, 4) is 0 Å². The summed E-state index contributed by atoms with van der Waals surface area (Å²) >= 11 is 0. The van der Waals surface area contributed by atoms with E-state index in [0.717, 1.165) is 25.2 Å². The van der Waals surface area contributed by atoms with Crippen LogP contribution >= 0.6 is 0 Å². The molecule has 176 valence electrons. The monoisotopic (exact) mass is 414 g/mol. The lowest BCUT2D eigenvalue weighted by atomic mass is 10.0. The van der Waals surface area contributed by atoms with E-state index in [4.69, 9.17) is 10.2 Å². The van der Waals surface area contributed by atoms with E-state index in [1.165, 1.54) is 103 Å². The van der Waals surface area contributed by atoms with Crippen molar-refractivity contribution in [2.75, 3.05) is 6.61 Å². The van der Waals surface area contributed by atoms with Gasteiger partial charge in [-0.15, -0.1) is 0 Å². The van der Waals surface area contributed by atoms with Gasteiger partial charge in [0.2, 0.25) is 0 Å².